The van der Waals surface area contributed by atoms with Gasteiger partial charge < -0.3 is 14.8 Å². The lowest BCUT2D eigenvalue weighted by atomic mass is 10.2. The molecule has 2 aromatic carbocycles. The number of thioether (sulfide) groups is 1. The molecule has 3 rings (SSSR count). The van der Waals surface area contributed by atoms with Crippen molar-refractivity contribution in [1.29, 1.82) is 0 Å². The van der Waals surface area contributed by atoms with Gasteiger partial charge in [0, 0.05) is 0 Å². The molecular formula is C21H18Br2N2O3S. The minimum atomic E-state index is -0.182. The number of hydrogen-bond donors (Lipinski definition) is 1. The third-order valence-electron chi connectivity index (χ3n) is 3.69. The molecule has 5 nitrogen and oxygen atoms in total. The predicted octanol–water partition coefficient (Wildman–Crippen LogP) is 6.07. The third-order valence-corrected chi connectivity index (χ3v) is 5.78. The molecule has 1 heterocycles. The second-order valence-corrected chi connectivity index (χ2v) is 8.56. The number of ether oxygens (including phenoxy) is 2. The van der Waals surface area contributed by atoms with E-state index < -0.39 is 0 Å². The molecule has 0 aliphatic carbocycles. The molecule has 0 radical (unpaired) electrons. The molecule has 0 unspecified atom stereocenters. The third kappa shape index (κ3) is 5.74. The molecule has 0 bridgehead atoms. The van der Waals surface area contributed by atoms with Crippen molar-refractivity contribution in [3.05, 3.63) is 68.5 Å². The van der Waals surface area contributed by atoms with Crippen molar-refractivity contribution in [3.8, 4) is 11.5 Å². The number of halogens is 2. The molecule has 0 aromatic heterocycles. The van der Waals surface area contributed by atoms with Gasteiger partial charge in [-0.25, -0.2) is 4.99 Å². The normalized spacial score (nSPS) is 16.2. The van der Waals surface area contributed by atoms with Crippen molar-refractivity contribution < 1.29 is 14.3 Å². The minimum absolute atomic E-state index is 0.182. The zero-order valence-electron chi connectivity index (χ0n) is 15.6. The van der Waals surface area contributed by atoms with Crippen molar-refractivity contribution in [2.45, 2.75) is 6.92 Å². The Morgan fingerprint density at radius 2 is 1.86 bits per heavy atom. The number of carbonyl (C=O) groups excluding carboxylic acids is 1. The number of amidine groups is 1. The Morgan fingerprint density at radius 3 is 2.48 bits per heavy atom. The number of benzene rings is 2. The van der Waals surface area contributed by atoms with Crippen LogP contribution < -0.4 is 14.8 Å². The number of nitrogens with zero attached hydrogens (tertiary/aromatic N) is 1. The lowest BCUT2D eigenvalue weighted by Gasteiger charge is -2.09. The first-order valence-electron chi connectivity index (χ1n) is 8.75. The molecule has 1 fully saturated rings. The highest BCUT2D eigenvalue weighted by atomic mass is 79.9. The van der Waals surface area contributed by atoms with Crippen LogP contribution in [0.5, 0.6) is 11.5 Å². The molecule has 150 valence electrons. The van der Waals surface area contributed by atoms with Crippen LogP contribution in [0.15, 0.2) is 67.9 Å². The second kappa shape index (κ2) is 10.1. The number of aliphatic imine (C=N–C) groups is 1. The first-order chi connectivity index (χ1) is 14.0. The molecule has 1 amide bonds. The van der Waals surface area contributed by atoms with Crippen LogP contribution in [-0.2, 0) is 4.79 Å². The van der Waals surface area contributed by atoms with E-state index in [0.29, 0.717) is 29.0 Å². The summed E-state index contributed by atoms with van der Waals surface area (Å²) in [6.07, 6.45) is 3.49. The van der Waals surface area contributed by atoms with Gasteiger partial charge in [0.15, 0.2) is 5.17 Å². The largest absolute Gasteiger partial charge is 0.494 e. The van der Waals surface area contributed by atoms with Gasteiger partial charge >= 0.3 is 0 Å². The SMILES string of the molecule is C=CCOc1c(Br)cc(/C=C2/SC(=Nc3ccc(OCC)cc3)NC2=O)cc1Br. The average Bonchev–Trinajstić information content (AvgIpc) is 3.02. The number of hydrogen-bond acceptors (Lipinski definition) is 5. The fraction of sp³-hybridized carbons (Fsp3) is 0.143. The second-order valence-electron chi connectivity index (χ2n) is 5.82. The van der Waals surface area contributed by atoms with E-state index in [2.05, 4.69) is 48.7 Å². The molecule has 8 heteroatoms. The van der Waals surface area contributed by atoms with Gasteiger partial charge in [-0.2, -0.15) is 0 Å². The number of amides is 1. The number of nitrogens with one attached hydrogen (secondary N) is 1. The molecule has 0 atom stereocenters. The zero-order valence-corrected chi connectivity index (χ0v) is 19.6. The van der Waals surface area contributed by atoms with Crippen molar-refractivity contribution in [2.75, 3.05) is 13.2 Å². The quantitative estimate of drug-likeness (QED) is 0.344. The van der Waals surface area contributed by atoms with E-state index in [4.69, 9.17) is 9.47 Å². The van der Waals surface area contributed by atoms with E-state index in [1.165, 1.54) is 11.8 Å². The highest BCUT2D eigenvalue weighted by Gasteiger charge is 2.24. The summed E-state index contributed by atoms with van der Waals surface area (Å²) in [5.74, 6) is 1.30. The number of rotatable bonds is 7. The van der Waals surface area contributed by atoms with Gasteiger partial charge in [0.1, 0.15) is 18.1 Å². The topological polar surface area (TPSA) is 59.9 Å². The Hall–Kier alpha value is -2.03. The standard InChI is InChI=1S/C21H18Br2N2O3S/c1-3-9-28-19-16(22)10-13(11-17(19)23)12-18-20(26)25-21(29-18)24-14-5-7-15(8-6-14)27-4-2/h3,5-8,10-12H,1,4,9H2,2H3,(H,24,25,26)/b18-12+. The van der Waals surface area contributed by atoms with Crippen LogP contribution in [0.2, 0.25) is 0 Å². The molecule has 1 N–H and O–H groups in total. The van der Waals surface area contributed by atoms with Gasteiger partial charge in [-0.1, -0.05) is 12.7 Å². The maximum Gasteiger partial charge on any atom is 0.264 e. The molecule has 0 spiro atoms. The Morgan fingerprint density at radius 1 is 1.17 bits per heavy atom. The molecule has 1 aliphatic heterocycles. The van der Waals surface area contributed by atoms with E-state index >= 15 is 0 Å². The van der Waals surface area contributed by atoms with E-state index in [-0.39, 0.29) is 5.91 Å². The van der Waals surface area contributed by atoms with Crippen LogP contribution >= 0.6 is 43.6 Å². The zero-order chi connectivity index (χ0) is 20.8. The van der Waals surface area contributed by atoms with Gasteiger partial charge in [-0.05, 0) is 98.6 Å². The number of carbonyl (C=O) groups is 1. The predicted molar refractivity (Wildman–Crippen MR) is 126 cm³/mol. The summed E-state index contributed by atoms with van der Waals surface area (Å²) < 4.78 is 12.6. The van der Waals surface area contributed by atoms with E-state index in [9.17, 15) is 4.79 Å². The summed E-state index contributed by atoms with van der Waals surface area (Å²) in [6.45, 7) is 6.60. The monoisotopic (exact) mass is 536 g/mol. The van der Waals surface area contributed by atoms with Gasteiger partial charge in [-0.3, -0.25) is 4.79 Å². The lowest BCUT2D eigenvalue weighted by Crippen LogP contribution is -2.19. The summed E-state index contributed by atoms with van der Waals surface area (Å²) in [7, 11) is 0. The Balaban J connectivity index is 1.77. The fourth-order valence-corrected chi connectivity index (χ4v) is 4.77. The van der Waals surface area contributed by atoms with Crippen LogP contribution in [0, 0.1) is 0 Å². The molecule has 1 saturated heterocycles. The Bertz CT molecular complexity index is 965. The molecule has 1 aliphatic rings. The van der Waals surface area contributed by atoms with Gasteiger partial charge in [0.25, 0.3) is 5.91 Å². The average molecular weight is 538 g/mol. The smallest absolute Gasteiger partial charge is 0.264 e. The van der Waals surface area contributed by atoms with Crippen LogP contribution in [0.4, 0.5) is 5.69 Å². The van der Waals surface area contributed by atoms with Gasteiger partial charge in [0.05, 0.1) is 26.1 Å². The Labute approximate surface area is 190 Å². The van der Waals surface area contributed by atoms with E-state index in [1.54, 1.807) is 6.08 Å². The summed E-state index contributed by atoms with van der Waals surface area (Å²) in [4.78, 5) is 17.4. The van der Waals surface area contributed by atoms with Crippen LogP contribution in [-0.4, -0.2) is 24.3 Å². The maximum absolute atomic E-state index is 12.3. The van der Waals surface area contributed by atoms with Crippen molar-refractivity contribution >= 4 is 66.5 Å². The molecule has 0 saturated carbocycles. The van der Waals surface area contributed by atoms with Crippen LogP contribution in [0.25, 0.3) is 6.08 Å². The first-order valence-corrected chi connectivity index (χ1v) is 11.2. The van der Waals surface area contributed by atoms with Crippen molar-refractivity contribution in [3.63, 3.8) is 0 Å². The lowest BCUT2D eigenvalue weighted by molar-refractivity contribution is -0.115. The van der Waals surface area contributed by atoms with Gasteiger partial charge in [-0.15, -0.1) is 0 Å². The highest BCUT2D eigenvalue weighted by Crippen LogP contribution is 2.36. The highest BCUT2D eigenvalue weighted by molar-refractivity contribution is 9.11. The molecular weight excluding hydrogens is 520 g/mol. The van der Waals surface area contributed by atoms with Crippen molar-refractivity contribution in [2.24, 2.45) is 4.99 Å². The molecule has 29 heavy (non-hydrogen) atoms. The summed E-state index contributed by atoms with van der Waals surface area (Å²) in [5, 5.41) is 3.33. The van der Waals surface area contributed by atoms with Crippen LogP contribution in [0.1, 0.15) is 12.5 Å². The van der Waals surface area contributed by atoms with Gasteiger partial charge in [0.2, 0.25) is 0 Å². The van der Waals surface area contributed by atoms with Crippen LogP contribution in [0.3, 0.4) is 0 Å². The Kier molecular flexibility index (Phi) is 7.57. The van der Waals surface area contributed by atoms with E-state index in [1.807, 2.05) is 49.4 Å². The summed E-state index contributed by atoms with van der Waals surface area (Å²) in [6, 6.07) is 11.2. The van der Waals surface area contributed by atoms with E-state index in [0.717, 1.165) is 25.9 Å². The summed E-state index contributed by atoms with van der Waals surface area (Å²) >= 11 is 8.31. The van der Waals surface area contributed by atoms with Crippen molar-refractivity contribution in [1.82, 2.24) is 5.32 Å². The summed E-state index contributed by atoms with van der Waals surface area (Å²) in [5.41, 5.74) is 1.60. The maximum atomic E-state index is 12.3. The molecule has 2 aromatic rings. The first kappa shape index (κ1) is 21.7. The minimum Gasteiger partial charge on any atom is -0.494 e. The fourth-order valence-electron chi connectivity index (χ4n) is 2.48.